The van der Waals surface area contributed by atoms with Gasteiger partial charge in [0.15, 0.2) is 28.8 Å². The number of hydrogen-bond acceptors (Lipinski definition) is 6. The monoisotopic (exact) mass is 376 g/mol. The SMILES string of the molecule is CCc1ccc(Oc2ccnc3cc(OC)c(F)cc23)c(-c2ncccn2)n1. The Morgan fingerprint density at radius 2 is 1.75 bits per heavy atom. The molecule has 28 heavy (non-hydrogen) atoms. The normalized spacial score (nSPS) is 10.8. The number of nitrogens with zero attached hydrogens (tertiary/aromatic N) is 4. The molecule has 0 aliphatic heterocycles. The predicted molar refractivity (Wildman–Crippen MR) is 103 cm³/mol. The van der Waals surface area contributed by atoms with E-state index in [2.05, 4.69) is 19.9 Å². The van der Waals surface area contributed by atoms with E-state index < -0.39 is 5.82 Å². The molecule has 0 N–H and O–H groups in total. The molecule has 7 heteroatoms. The molecule has 3 aromatic heterocycles. The smallest absolute Gasteiger partial charge is 0.181 e. The van der Waals surface area contributed by atoms with Gasteiger partial charge in [-0.05, 0) is 36.8 Å². The second-order valence-corrected chi connectivity index (χ2v) is 5.99. The quantitative estimate of drug-likeness (QED) is 0.507. The van der Waals surface area contributed by atoms with Crippen molar-refractivity contribution >= 4 is 10.9 Å². The van der Waals surface area contributed by atoms with Crippen LogP contribution in [0, 0.1) is 5.82 Å². The van der Waals surface area contributed by atoms with Gasteiger partial charge in [-0.3, -0.25) is 4.98 Å². The number of hydrogen-bond donors (Lipinski definition) is 0. The molecule has 3 heterocycles. The van der Waals surface area contributed by atoms with Gasteiger partial charge in [0.25, 0.3) is 0 Å². The van der Waals surface area contributed by atoms with Crippen LogP contribution in [0.5, 0.6) is 17.2 Å². The predicted octanol–water partition coefficient (Wildman–Crippen LogP) is 4.59. The molecule has 0 spiro atoms. The lowest BCUT2D eigenvalue weighted by Crippen LogP contribution is -1.99. The van der Waals surface area contributed by atoms with Crippen LogP contribution in [0.3, 0.4) is 0 Å². The number of benzene rings is 1. The summed E-state index contributed by atoms with van der Waals surface area (Å²) in [6.07, 6.45) is 5.66. The third-order valence-electron chi connectivity index (χ3n) is 4.25. The van der Waals surface area contributed by atoms with Crippen molar-refractivity contribution in [2.45, 2.75) is 13.3 Å². The van der Waals surface area contributed by atoms with Crippen molar-refractivity contribution in [3.05, 3.63) is 66.5 Å². The molecule has 0 saturated carbocycles. The molecule has 0 bridgehead atoms. The van der Waals surface area contributed by atoms with E-state index in [9.17, 15) is 4.39 Å². The summed E-state index contributed by atoms with van der Waals surface area (Å²) in [5, 5.41) is 0.528. The second kappa shape index (κ2) is 7.56. The number of pyridine rings is 2. The summed E-state index contributed by atoms with van der Waals surface area (Å²) >= 11 is 0. The number of aromatic nitrogens is 4. The van der Waals surface area contributed by atoms with Gasteiger partial charge >= 0.3 is 0 Å². The van der Waals surface area contributed by atoms with Gasteiger partial charge in [-0.25, -0.2) is 19.3 Å². The summed E-state index contributed by atoms with van der Waals surface area (Å²) in [7, 11) is 1.41. The van der Waals surface area contributed by atoms with Gasteiger partial charge < -0.3 is 9.47 Å². The van der Waals surface area contributed by atoms with E-state index in [0.717, 1.165) is 12.1 Å². The Morgan fingerprint density at radius 3 is 2.50 bits per heavy atom. The number of rotatable bonds is 5. The molecule has 0 fully saturated rings. The largest absolute Gasteiger partial charge is 0.494 e. The third kappa shape index (κ3) is 3.34. The first kappa shape index (κ1) is 17.8. The van der Waals surface area contributed by atoms with Gasteiger partial charge in [-0.1, -0.05) is 6.92 Å². The highest BCUT2D eigenvalue weighted by atomic mass is 19.1. The van der Waals surface area contributed by atoms with E-state index in [0.29, 0.717) is 33.9 Å². The maximum Gasteiger partial charge on any atom is 0.181 e. The molecule has 4 aromatic rings. The van der Waals surface area contributed by atoms with Gasteiger partial charge in [0, 0.05) is 35.7 Å². The van der Waals surface area contributed by atoms with Crippen LogP contribution in [-0.4, -0.2) is 27.0 Å². The van der Waals surface area contributed by atoms with Crippen LogP contribution in [0.1, 0.15) is 12.6 Å². The van der Waals surface area contributed by atoms with Crippen LogP contribution in [0.4, 0.5) is 4.39 Å². The number of methoxy groups -OCH3 is 1. The number of fused-ring (bicyclic) bond motifs is 1. The minimum absolute atomic E-state index is 0.129. The van der Waals surface area contributed by atoms with Crippen molar-refractivity contribution in [1.82, 2.24) is 19.9 Å². The number of halogens is 1. The molecule has 6 nitrogen and oxygen atoms in total. The average molecular weight is 376 g/mol. The van der Waals surface area contributed by atoms with E-state index in [1.165, 1.54) is 19.2 Å². The zero-order valence-corrected chi connectivity index (χ0v) is 15.4. The summed E-state index contributed by atoms with van der Waals surface area (Å²) in [4.78, 5) is 17.5. The van der Waals surface area contributed by atoms with E-state index in [1.807, 2.05) is 19.1 Å². The van der Waals surface area contributed by atoms with Crippen molar-refractivity contribution in [2.75, 3.05) is 7.11 Å². The summed E-state index contributed by atoms with van der Waals surface area (Å²) in [6, 6.07) is 10.0. The molecular formula is C21H17FN4O2. The molecule has 140 valence electrons. The molecule has 0 radical (unpaired) electrons. The lowest BCUT2D eigenvalue weighted by Gasteiger charge is -2.13. The average Bonchev–Trinajstić information content (AvgIpc) is 2.74. The minimum Gasteiger partial charge on any atom is -0.494 e. The molecule has 1 aromatic carbocycles. The zero-order valence-electron chi connectivity index (χ0n) is 15.4. The van der Waals surface area contributed by atoms with Crippen LogP contribution in [0.2, 0.25) is 0 Å². The highest BCUT2D eigenvalue weighted by Crippen LogP contribution is 2.35. The van der Waals surface area contributed by atoms with Crippen molar-refractivity contribution in [1.29, 1.82) is 0 Å². The van der Waals surface area contributed by atoms with Crippen LogP contribution >= 0.6 is 0 Å². The Bertz CT molecular complexity index is 1140. The Hall–Kier alpha value is -3.61. The lowest BCUT2D eigenvalue weighted by atomic mass is 10.2. The number of aryl methyl sites for hydroxylation is 1. The Morgan fingerprint density at radius 1 is 0.929 bits per heavy atom. The Balaban J connectivity index is 1.83. The first-order valence-electron chi connectivity index (χ1n) is 8.77. The molecule has 0 aliphatic carbocycles. The van der Waals surface area contributed by atoms with E-state index in [-0.39, 0.29) is 5.75 Å². The molecule has 0 aliphatic rings. The topological polar surface area (TPSA) is 70.0 Å². The first-order chi connectivity index (χ1) is 13.7. The maximum atomic E-state index is 14.2. The first-order valence-corrected chi connectivity index (χ1v) is 8.77. The van der Waals surface area contributed by atoms with Gasteiger partial charge in [0.1, 0.15) is 5.75 Å². The highest BCUT2D eigenvalue weighted by Gasteiger charge is 2.15. The minimum atomic E-state index is -0.487. The van der Waals surface area contributed by atoms with Gasteiger partial charge in [0.05, 0.1) is 12.6 Å². The van der Waals surface area contributed by atoms with Crippen molar-refractivity contribution in [3.63, 3.8) is 0 Å². The van der Waals surface area contributed by atoms with E-state index in [4.69, 9.17) is 9.47 Å². The maximum absolute atomic E-state index is 14.2. The van der Waals surface area contributed by atoms with Crippen LogP contribution in [0.15, 0.2) is 55.0 Å². The standard InChI is InChI=1S/C21H17FN4O2/c1-3-13-5-6-18(20(26-13)21-24-8-4-9-25-21)28-17-7-10-23-16-12-19(27-2)15(22)11-14(16)17/h4-12H,3H2,1-2H3. The molecule has 0 saturated heterocycles. The Kier molecular flexibility index (Phi) is 4.80. The van der Waals surface area contributed by atoms with Gasteiger partial charge in [-0.2, -0.15) is 0 Å². The van der Waals surface area contributed by atoms with Crippen molar-refractivity contribution in [2.24, 2.45) is 0 Å². The van der Waals surface area contributed by atoms with Crippen LogP contribution < -0.4 is 9.47 Å². The second-order valence-electron chi connectivity index (χ2n) is 5.99. The summed E-state index contributed by atoms with van der Waals surface area (Å²) < 4.78 is 25.4. The van der Waals surface area contributed by atoms with Gasteiger partial charge in [-0.15, -0.1) is 0 Å². The molecule has 0 unspecified atom stereocenters. The van der Waals surface area contributed by atoms with Crippen LogP contribution in [-0.2, 0) is 6.42 Å². The highest BCUT2D eigenvalue weighted by molar-refractivity contribution is 5.86. The van der Waals surface area contributed by atoms with E-state index >= 15 is 0 Å². The fraction of sp³-hybridized carbons (Fsp3) is 0.143. The number of ether oxygens (including phenoxy) is 2. The lowest BCUT2D eigenvalue weighted by molar-refractivity contribution is 0.387. The van der Waals surface area contributed by atoms with Crippen LogP contribution in [0.25, 0.3) is 22.4 Å². The summed E-state index contributed by atoms with van der Waals surface area (Å²) in [6.45, 7) is 2.02. The van der Waals surface area contributed by atoms with Crippen molar-refractivity contribution in [3.8, 4) is 28.8 Å². The Labute approximate surface area is 161 Å². The summed E-state index contributed by atoms with van der Waals surface area (Å²) in [5.41, 5.74) is 1.98. The summed E-state index contributed by atoms with van der Waals surface area (Å²) in [5.74, 6) is 1.03. The molecular weight excluding hydrogens is 359 g/mol. The zero-order chi connectivity index (χ0) is 19.5. The van der Waals surface area contributed by atoms with E-state index in [1.54, 1.807) is 30.7 Å². The molecule has 4 rings (SSSR count). The molecule has 0 atom stereocenters. The third-order valence-corrected chi connectivity index (χ3v) is 4.25. The molecule has 0 amide bonds. The van der Waals surface area contributed by atoms with Gasteiger partial charge in [0.2, 0.25) is 0 Å². The fourth-order valence-electron chi connectivity index (χ4n) is 2.83. The van der Waals surface area contributed by atoms with Crippen molar-refractivity contribution < 1.29 is 13.9 Å². The fourth-order valence-corrected chi connectivity index (χ4v) is 2.83.